The lowest BCUT2D eigenvalue weighted by molar-refractivity contribution is -0.265. The molecule has 15 heteroatoms. The summed E-state index contributed by atoms with van der Waals surface area (Å²) >= 11 is 0. The number of alkyl halides is 3. The molecule has 2 atom stereocenters. The predicted octanol–water partition coefficient (Wildman–Crippen LogP) is 3.61. The van der Waals surface area contributed by atoms with Gasteiger partial charge in [-0.05, 0) is 55.5 Å². The third-order valence-electron chi connectivity index (χ3n) is 7.73. The first-order chi connectivity index (χ1) is 21.7. The number of carbonyl (C=O) groups is 3. The van der Waals surface area contributed by atoms with Crippen LogP contribution in [0, 0.1) is 5.82 Å². The molecular formula is C31H27F4N5O6. The fraction of sp³-hybridized carbons (Fsp3) is 0.258. The van der Waals surface area contributed by atoms with Gasteiger partial charge >= 0.3 is 12.3 Å². The lowest BCUT2D eigenvalue weighted by Crippen LogP contribution is -2.52. The number of aromatic nitrogens is 2. The van der Waals surface area contributed by atoms with Crippen LogP contribution in [0.3, 0.4) is 0 Å². The normalized spacial score (nSPS) is 17.0. The van der Waals surface area contributed by atoms with Crippen molar-refractivity contribution in [1.82, 2.24) is 20.6 Å². The third kappa shape index (κ3) is 5.76. The third-order valence-corrected chi connectivity index (χ3v) is 7.73. The summed E-state index contributed by atoms with van der Waals surface area (Å²) in [5.41, 5.74) is -0.634. The van der Waals surface area contributed by atoms with Crippen molar-refractivity contribution in [3.63, 3.8) is 0 Å². The van der Waals surface area contributed by atoms with Crippen molar-refractivity contribution in [3.05, 3.63) is 89.0 Å². The van der Waals surface area contributed by atoms with E-state index in [-0.39, 0.29) is 46.9 Å². The molecule has 1 aliphatic rings. The van der Waals surface area contributed by atoms with Crippen LogP contribution in [0.4, 0.5) is 22.4 Å². The van der Waals surface area contributed by atoms with Gasteiger partial charge < -0.3 is 30.9 Å². The van der Waals surface area contributed by atoms with Gasteiger partial charge in [-0.2, -0.15) is 13.2 Å². The minimum Gasteiger partial charge on any atom is -0.489 e. The van der Waals surface area contributed by atoms with Crippen LogP contribution in [0.2, 0.25) is 0 Å². The van der Waals surface area contributed by atoms with E-state index in [2.05, 4.69) is 20.6 Å². The number of nitrogens with zero attached hydrogens (tertiary/aromatic N) is 2. The molecule has 0 saturated heterocycles. The summed E-state index contributed by atoms with van der Waals surface area (Å²) in [7, 11) is 1.35. The molecule has 0 unspecified atom stereocenters. The number of fused-ring (bicyclic) bond motifs is 2. The van der Waals surface area contributed by atoms with E-state index in [0.717, 1.165) is 18.2 Å². The Bertz CT molecular complexity index is 1850. The molecule has 240 valence electrons. The number of likely N-dealkylation sites (N-methyl/N-ethyl adjacent to an activating group) is 1. The van der Waals surface area contributed by atoms with Crippen LogP contribution >= 0.6 is 0 Å². The molecule has 5 N–H and O–H groups in total. The van der Waals surface area contributed by atoms with Crippen LogP contribution in [0.5, 0.6) is 5.75 Å². The van der Waals surface area contributed by atoms with Crippen molar-refractivity contribution < 1.29 is 46.5 Å². The Balaban J connectivity index is 1.57. The van der Waals surface area contributed by atoms with Gasteiger partial charge in [-0.15, -0.1) is 0 Å². The second-order valence-electron chi connectivity index (χ2n) is 10.8. The zero-order chi connectivity index (χ0) is 33.4. The van der Waals surface area contributed by atoms with Crippen molar-refractivity contribution in [3.8, 4) is 17.0 Å². The Morgan fingerprint density at radius 2 is 1.85 bits per heavy atom. The van der Waals surface area contributed by atoms with E-state index >= 15 is 0 Å². The van der Waals surface area contributed by atoms with Crippen LogP contribution in [0.15, 0.2) is 60.8 Å². The quantitative estimate of drug-likeness (QED) is 0.212. The summed E-state index contributed by atoms with van der Waals surface area (Å²) in [6, 6.07) is 11.4. The van der Waals surface area contributed by atoms with Gasteiger partial charge in [0.05, 0.1) is 17.8 Å². The van der Waals surface area contributed by atoms with Gasteiger partial charge in [-0.25, -0.2) is 14.2 Å². The van der Waals surface area contributed by atoms with E-state index < -0.39 is 53.2 Å². The Labute approximate surface area is 258 Å². The number of nitrogens with one attached hydrogen (secondary N) is 2. The summed E-state index contributed by atoms with van der Waals surface area (Å²) in [5.74, 6) is -2.20. The molecule has 3 heterocycles. The van der Waals surface area contributed by atoms with Crippen LogP contribution in [-0.4, -0.2) is 59.4 Å². The van der Waals surface area contributed by atoms with E-state index in [0.29, 0.717) is 10.9 Å². The monoisotopic (exact) mass is 641 g/mol. The first-order valence-corrected chi connectivity index (χ1v) is 13.7. The van der Waals surface area contributed by atoms with Crippen LogP contribution in [-0.2, 0) is 27.2 Å². The van der Waals surface area contributed by atoms with E-state index in [1.165, 1.54) is 44.4 Å². The average molecular weight is 642 g/mol. The number of benzene rings is 2. The van der Waals surface area contributed by atoms with Gasteiger partial charge in [0.2, 0.25) is 11.5 Å². The van der Waals surface area contributed by atoms with Crippen LogP contribution < -0.4 is 21.1 Å². The largest absolute Gasteiger partial charge is 0.489 e. The molecule has 0 fully saturated rings. The number of nitrogens with two attached hydrogens (primary N) is 1. The van der Waals surface area contributed by atoms with Gasteiger partial charge in [0.15, 0.2) is 0 Å². The Morgan fingerprint density at radius 3 is 2.50 bits per heavy atom. The van der Waals surface area contributed by atoms with Crippen molar-refractivity contribution in [2.24, 2.45) is 5.73 Å². The van der Waals surface area contributed by atoms with Crippen LogP contribution in [0.1, 0.15) is 34.1 Å². The number of halogens is 4. The number of ether oxygens (including phenoxy) is 2. The zero-order valence-electron chi connectivity index (χ0n) is 24.4. The van der Waals surface area contributed by atoms with E-state index in [1.54, 1.807) is 12.1 Å². The molecule has 0 saturated carbocycles. The SMILES string of the molecule is CNC(=O)[C@@]1(C)COc2c1cc([C@@](O)(CNC(=O)c1cc(COC(N)=O)c3ncccc3c1)C(F)(F)F)nc2-c1ccc(F)cc1. The number of rotatable bonds is 8. The molecule has 0 bridgehead atoms. The second-order valence-corrected chi connectivity index (χ2v) is 10.8. The molecule has 2 aromatic heterocycles. The van der Waals surface area contributed by atoms with Gasteiger partial charge in [-0.3, -0.25) is 14.6 Å². The molecular weight excluding hydrogens is 614 g/mol. The first kappa shape index (κ1) is 32.1. The maximum absolute atomic E-state index is 14.8. The highest BCUT2D eigenvalue weighted by Crippen LogP contribution is 2.48. The van der Waals surface area contributed by atoms with Gasteiger partial charge in [0.1, 0.15) is 35.9 Å². The predicted molar refractivity (Wildman–Crippen MR) is 155 cm³/mol. The fourth-order valence-corrected chi connectivity index (χ4v) is 5.17. The molecule has 3 amide bonds. The number of carbonyl (C=O) groups excluding carboxylic acids is 3. The van der Waals surface area contributed by atoms with Crippen molar-refractivity contribution in [1.29, 1.82) is 0 Å². The molecule has 0 radical (unpaired) electrons. The highest BCUT2D eigenvalue weighted by atomic mass is 19.4. The molecule has 11 nitrogen and oxygen atoms in total. The highest BCUT2D eigenvalue weighted by molar-refractivity contribution is 5.99. The molecule has 2 aromatic carbocycles. The summed E-state index contributed by atoms with van der Waals surface area (Å²) in [4.78, 5) is 45.6. The molecule has 1 aliphatic heterocycles. The van der Waals surface area contributed by atoms with E-state index in [4.69, 9.17) is 15.2 Å². The summed E-state index contributed by atoms with van der Waals surface area (Å²) in [5, 5.41) is 16.3. The number of hydrogen-bond donors (Lipinski definition) is 4. The van der Waals surface area contributed by atoms with Crippen molar-refractivity contribution >= 4 is 28.8 Å². The number of hydrogen-bond acceptors (Lipinski definition) is 8. The molecule has 0 spiro atoms. The Hall–Kier alpha value is -5.31. The van der Waals surface area contributed by atoms with E-state index in [1.807, 2.05) is 0 Å². The number of pyridine rings is 2. The second kappa shape index (κ2) is 11.9. The summed E-state index contributed by atoms with van der Waals surface area (Å²) < 4.78 is 68.6. The minimum atomic E-state index is -5.39. The smallest absolute Gasteiger partial charge is 0.424 e. The Morgan fingerprint density at radius 1 is 1.13 bits per heavy atom. The number of primary amides is 1. The van der Waals surface area contributed by atoms with Crippen LogP contribution in [0.25, 0.3) is 22.2 Å². The average Bonchev–Trinajstić information content (AvgIpc) is 3.38. The van der Waals surface area contributed by atoms with E-state index in [9.17, 15) is 37.1 Å². The van der Waals surface area contributed by atoms with Crippen molar-refractivity contribution in [2.75, 3.05) is 20.2 Å². The lowest BCUT2D eigenvalue weighted by atomic mass is 9.81. The first-order valence-electron chi connectivity index (χ1n) is 13.7. The maximum Gasteiger partial charge on any atom is 0.424 e. The number of amides is 3. The fourth-order valence-electron chi connectivity index (χ4n) is 5.17. The highest BCUT2D eigenvalue weighted by Gasteiger charge is 2.57. The van der Waals surface area contributed by atoms with Gasteiger partial charge in [0, 0.05) is 40.9 Å². The standard InChI is InChI=1S/C31H27F4N5O6/c1-29(27(42)37-2)15-46-25-21(29)12-22(40-24(25)16-5-7-20(32)8-6-16)30(44,31(33,34)35)14-39-26(41)18-10-17-4-3-9-38-23(17)19(11-18)13-45-28(36)43/h3-12,44H,13-15H2,1-2H3,(H2,36,43)(H,37,42)(H,39,41)/t29-,30-/m0/s1. The molecule has 46 heavy (non-hydrogen) atoms. The lowest BCUT2D eigenvalue weighted by Gasteiger charge is -2.31. The number of aliphatic hydroxyl groups is 1. The topological polar surface area (TPSA) is 166 Å². The minimum absolute atomic E-state index is 0.00583. The molecule has 5 rings (SSSR count). The summed E-state index contributed by atoms with van der Waals surface area (Å²) in [6.45, 7) is -0.548. The maximum atomic E-state index is 14.8. The zero-order valence-corrected chi connectivity index (χ0v) is 24.4. The molecule has 0 aliphatic carbocycles. The van der Waals surface area contributed by atoms with Gasteiger partial charge in [0.25, 0.3) is 5.91 Å². The van der Waals surface area contributed by atoms with Crippen molar-refractivity contribution in [2.45, 2.75) is 30.7 Å². The summed E-state index contributed by atoms with van der Waals surface area (Å²) in [6.07, 6.45) is -5.02. The molecule has 4 aromatic rings. The van der Waals surface area contributed by atoms with Gasteiger partial charge in [-0.1, -0.05) is 6.07 Å². The Kier molecular flexibility index (Phi) is 8.30.